The molecule has 2 N–H and O–H groups in total. The van der Waals surface area contributed by atoms with Gasteiger partial charge in [-0.15, -0.1) is 13.2 Å². The van der Waals surface area contributed by atoms with Gasteiger partial charge in [-0.25, -0.2) is 4.98 Å². The summed E-state index contributed by atoms with van der Waals surface area (Å²) in [4.78, 5) is 17.4. The summed E-state index contributed by atoms with van der Waals surface area (Å²) in [6.45, 7) is 1.74. The van der Waals surface area contributed by atoms with Crippen molar-refractivity contribution >= 4 is 17.2 Å². The van der Waals surface area contributed by atoms with Crippen molar-refractivity contribution in [2.75, 3.05) is 23.3 Å². The number of non-ortho nitro benzene ring substituents is 1. The Morgan fingerprint density at radius 2 is 1.70 bits per heavy atom. The number of benzene rings is 2. The first-order valence-electron chi connectivity index (χ1n) is 13.6. The van der Waals surface area contributed by atoms with Gasteiger partial charge >= 0.3 is 6.36 Å². The largest absolute Gasteiger partial charge is 0.573 e. The van der Waals surface area contributed by atoms with Crippen LogP contribution in [-0.4, -0.2) is 47.5 Å². The molecule has 0 amide bonds. The third kappa shape index (κ3) is 7.20. The predicted octanol–water partition coefficient (Wildman–Crippen LogP) is 6.54. The van der Waals surface area contributed by atoms with Crippen molar-refractivity contribution in [1.82, 2.24) is 10.3 Å². The van der Waals surface area contributed by atoms with Crippen molar-refractivity contribution in [3.8, 4) is 16.9 Å². The van der Waals surface area contributed by atoms with Crippen LogP contribution in [0.5, 0.6) is 5.75 Å². The van der Waals surface area contributed by atoms with Crippen LogP contribution in [0.2, 0.25) is 0 Å². The fraction of sp³-hybridized carbons (Fsp3) is 0.414. The van der Waals surface area contributed by atoms with E-state index in [0.29, 0.717) is 11.4 Å². The Morgan fingerprint density at radius 1 is 0.950 bits per heavy atom. The SMILES string of the molecule is O=[N+]([O-])c1ccc(N2CCC[C@H](N[C@@H]3CCCC[C@H]3Nc3cc(-c4cccc(OC(F)(F)F)c4)ccn3)C2)cc1. The first kappa shape index (κ1) is 27.7. The Morgan fingerprint density at radius 3 is 2.45 bits per heavy atom. The van der Waals surface area contributed by atoms with Crippen LogP contribution >= 0.6 is 0 Å². The number of alkyl halides is 3. The number of nitro benzene ring substituents is 1. The van der Waals surface area contributed by atoms with E-state index in [1.165, 1.54) is 18.2 Å². The van der Waals surface area contributed by atoms with Crippen molar-refractivity contribution in [3.05, 3.63) is 77.0 Å². The molecule has 0 spiro atoms. The Labute approximate surface area is 230 Å². The zero-order valence-electron chi connectivity index (χ0n) is 21.9. The fourth-order valence-electron chi connectivity index (χ4n) is 5.69. The number of ether oxygens (including phenoxy) is 1. The van der Waals surface area contributed by atoms with Crippen molar-refractivity contribution in [3.63, 3.8) is 0 Å². The van der Waals surface area contributed by atoms with E-state index in [1.54, 1.807) is 30.5 Å². The van der Waals surface area contributed by atoms with Gasteiger partial charge < -0.3 is 20.3 Å². The van der Waals surface area contributed by atoms with E-state index >= 15 is 0 Å². The average Bonchev–Trinajstić information content (AvgIpc) is 2.94. The summed E-state index contributed by atoms with van der Waals surface area (Å²) < 4.78 is 42.1. The second kappa shape index (κ2) is 12.1. The first-order valence-corrected chi connectivity index (χ1v) is 13.6. The molecular weight excluding hydrogens is 523 g/mol. The molecule has 2 heterocycles. The molecule has 212 valence electrons. The summed E-state index contributed by atoms with van der Waals surface area (Å²) in [7, 11) is 0. The maximum Gasteiger partial charge on any atom is 0.573 e. The maximum atomic E-state index is 12.7. The summed E-state index contributed by atoms with van der Waals surface area (Å²) >= 11 is 0. The van der Waals surface area contributed by atoms with Crippen LogP contribution < -0.4 is 20.3 Å². The van der Waals surface area contributed by atoms with Crippen molar-refractivity contribution in [2.45, 2.75) is 63.0 Å². The van der Waals surface area contributed by atoms with Crippen LogP contribution in [0, 0.1) is 10.1 Å². The number of halogens is 3. The Hall–Kier alpha value is -3.86. The van der Waals surface area contributed by atoms with Crippen molar-refractivity contribution in [2.24, 2.45) is 0 Å². The van der Waals surface area contributed by atoms with Gasteiger partial charge in [0.2, 0.25) is 0 Å². The summed E-state index contributed by atoms with van der Waals surface area (Å²) in [5.41, 5.74) is 2.43. The Kier molecular flexibility index (Phi) is 8.39. The van der Waals surface area contributed by atoms with Gasteiger partial charge in [-0.1, -0.05) is 25.0 Å². The number of pyridine rings is 1. The zero-order chi connectivity index (χ0) is 28.1. The molecule has 0 bridgehead atoms. The summed E-state index contributed by atoms with van der Waals surface area (Å²) in [6, 6.07) is 17.0. The van der Waals surface area contributed by atoms with Crippen molar-refractivity contribution < 1.29 is 22.8 Å². The standard InChI is InChI=1S/C29H32F3N5O3/c30-29(31,32)40-25-7-3-5-20(17-25)21-14-15-33-28(18-21)35-27-9-2-1-8-26(27)34-22-6-4-16-36(19-22)23-10-12-24(13-11-23)37(38)39/h3,5,7,10-15,17-18,22,26-27,34H,1-2,4,6,8-9,16,19H2,(H,33,35)/t22-,26+,27+/m0/s1. The summed E-state index contributed by atoms with van der Waals surface area (Å²) in [6.07, 6.45) is 3.24. The third-order valence-corrected chi connectivity index (χ3v) is 7.56. The van der Waals surface area contributed by atoms with Gasteiger partial charge in [0.05, 0.1) is 4.92 Å². The number of hydrogen-bond donors (Lipinski definition) is 2. The van der Waals surface area contributed by atoms with Crippen LogP contribution in [0.1, 0.15) is 38.5 Å². The molecule has 1 saturated carbocycles. The number of piperidine rings is 1. The predicted molar refractivity (Wildman–Crippen MR) is 147 cm³/mol. The van der Waals surface area contributed by atoms with Gasteiger partial charge in [-0.2, -0.15) is 0 Å². The molecule has 11 heteroatoms. The molecule has 0 radical (unpaired) electrons. The number of anilines is 2. The molecule has 1 aliphatic heterocycles. The van der Waals surface area contributed by atoms with Crippen LogP contribution in [0.4, 0.5) is 30.4 Å². The van der Waals surface area contributed by atoms with Gasteiger partial charge in [0.15, 0.2) is 0 Å². The van der Waals surface area contributed by atoms with Gasteiger partial charge in [-0.05, 0) is 73.2 Å². The van der Waals surface area contributed by atoms with E-state index in [-0.39, 0.29) is 34.5 Å². The van der Waals surface area contributed by atoms with E-state index in [2.05, 4.69) is 25.3 Å². The van der Waals surface area contributed by atoms with Crippen LogP contribution in [-0.2, 0) is 0 Å². The van der Waals surface area contributed by atoms with E-state index in [1.807, 2.05) is 18.2 Å². The van der Waals surface area contributed by atoms with Crippen LogP contribution in [0.25, 0.3) is 11.1 Å². The van der Waals surface area contributed by atoms with Gasteiger partial charge in [0, 0.05) is 55.2 Å². The highest BCUT2D eigenvalue weighted by atomic mass is 19.4. The zero-order valence-corrected chi connectivity index (χ0v) is 21.9. The molecule has 8 nitrogen and oxygen atoms in total. The van der Waals surface area contributed by atoms with E-state index in [0.717, 1.165) is 62.9 Å². The van der Waals surface area contributed by atoms with Gasteiger partial charge in [0.25, 0.3) is 5.69 Å². The molecule has 40 heavy (non-hydrogen) atoms. The molecular formula is C29H32F3N5O3. The molecule has 1 aromatic heterocycles. The molecule has 2 aromatic carbocycles. The first-order chi connectivity index (χ1) is 19.2. The summed E-state index contributed by atoms with van der Waals surface area (Å²) in [5, 5.41) is 18.5. The number of hydrogen-bond acceptors (Lipinski definition) is 7. The minimum Gasteiger partial charge on any atom is -0.406 e. The highest BCUT2D eigenvalue weighted by Crippen LogP contribution is 2.30. The number of rotatable bonds is 8. The highest BCUT2D eigenvalue weighted by molar-refractivity contribution is 5.67. The number of nitrogens with one attached hydrogen (secondary N) is 2. The molecule has 1 aliphatic carbocycles. The van der Waals surface area contributed by atoms with Crippen LogP contribution in [0.3, 0.4) is 0 Å². The van der Waals surface area contributed by atoms with E-state index in [9.17, 15) is 23.3 Å². The van der Waals surface area contributed by atoms with Gasteiger partial charge in [0.1, 0.15) is 11.6 Å². The quantitative estimate of drug-likeness (QED) is 0.241. The van der Waals surface area contributed by atoms with E-state index in [4.69, 9.17) is 0 Å². The smallest absolute Gasteiger partial charge is 0.406 e. The Balaban J connectivity index is 1.24. The lowest BCUT2D eigenvalue weighted by atomic mass is 9.89. The normalized spacial score (nSPS) is 21.6. The fourth-order valence-corrected chi connectivity index (χ4v) is 5.69. The monoisotopic (exact) mass is 555 g/mol. The summed E-state index contributed by atoms with van der Waals surface area (Å²) in [5.74, 6) is 0.414. The average molecular weight is 556 g/mol. The maximum absolute atomic E-state index is 12.7. The molecule has 0 unspecified atom stereocenters. The lowest BCUT2D eigenvalue weighted by Gasteiger charge is -2.40. The highest BCUT2D eigenvalue weighted by Gasteiger charge is 2.31. The second-order valence-corrected chi connectivity index (χ2v) is 10.4. The number of nitro groups is 1. The van der Waals surface area contributed by atoms with Crippen LogP contribution in [0.15, 0.2) is 66.9 Å². The minimum atomic E-state index is -4.75. The molecule has 2 aliphatic rings. The Bertz CT molecular complexity index is 1300. The topological polar surface area (TPSA) is 92.6 Å². The lowest BCUT2D eigenvalue weighted by molar-refractivity contribution is -0.384. The molecule has 1 saturated heterocycles. The molecule has 2 fully saturated rings. The molecule has 5 rings (SSSR count). The minimum absolute atomic E-state index is 0.0894. The number of aromatic nitrogens is 1. The lowest BCUT2D eigenvalue weighted by Crippen LogP contribution is -2.54. The number of nitrogens with zero attached hydrogens (tertiary/aromatic N) is 3. The second-order valence-electron chi connectivity index (χ2n) is 10.4. The molecule has 3 atom stereocenters. The van der Waals surface area contributed by atoms with Gasteiger partial charge in [-0.3, -0.25) is 10.1 Å². The third-order valence-electron chi connectivity index (χ3n) is 7.56. The molecule has 3 aromatic rings. The van der Waals surface area contributed by atoms with E-state index < -0.39 is 6.36 Å². The van der Waals surface area contributed by atoms with Crippen molar-refractivity contribution in [1.29, 1.82) is 0 Å².